The van der Waals surface area contributed by atoms with Crippen molar-refractivity contribution in [3.05, 3.63) is 35.9 Å². The lowest BCUT2D eigenvalue weighted by atomic mass is 10.2. The van der Waals surface area contributed by atoms with Gasteiger partial charge in [0.15, 0.2) is 0 Å². The summed E-state index contributed by atoms with van der Waals surface area (Å²) < 4.78 is 27.8. The largest absolute Gasteiger partial charge is 0.396 e. The molecule has 0 amide bonds. The zero-order chi connectivity index (χ0) is 11.9. The van der Waals surface area contributed by atoms with Crippen molar-refractivity contribution in [1.82, 2.24) is 0 Å². The van der Waals surface area contributed by atoms with Crippen LogP contribution in [0.4, 0.5) is 0 Å². The quantitative estimate of drug-likeness (QED) is 0.580. The van der Waals surface area contributed by atoms with Crippen molar-refractivity contribution in [3.8, 4) is 0 Å². The highest BCUT2D eigenvalue weighted by atomic mass is 32.2. The monoisotopic (exact) mass is 244 g/mol. The molecule has 0 aromatic heterocycles. The van der Waals surface area contributed by atoms with Crippen molar-refractivity contribution in [1.29, 1.82) is 0 Å². The molecule has 16 heavy (non-hydrogen) atoms. The van der Waals surface area contributed by atoms with Gasteiger partial charge in [-0.15, -0.1) is 0 Å². The average molecular weight is 244 g/mol. The molecule has 1 N–H and O–H groups in total. The first-order valence-electron chi connectivity index (χ1n) is 5.16. The van der Waals surface area contributed by atoms with E-state index < -0.39 is 10.1 Å². The normalized spacial score (nSPS) is 11.6. The van der Waals surface area contributed by atoms with Gasteiger partial charge in [-0.1, -0.05) is 30.3 Å². The Labute approximate surface area is 96.0 Å². The van der Waals surface area contributed by atoms with E-state index in [9.17, 15) is 8.42 Å². The fraction of sp³-hybridized carbons (Fsp3) is 0.455. The van der Waals surface area contributed by atoms with Gasteiger partial charge in [-0.25, -0.2) is 0 Å². The highest BCUT2D eigenvalue weighted by Gasteiger charge is 2.11. The third-order valence-electron chi connectivity index (χ3n) is 2.00. The Morgan fingerprint density at radius 3 is 2.44 bits per heavy atom. The first-order valence-corrected chi connectivity index (χ1v) is 6.74. The van der Waals surface area contributed by atoms with E-state index in [2.05, 4.69) is 0 Å². The minimum absolute atomic E-state index is 0.0576. The van der Waals surface area contributed by atoms with Crippen molar-refractivity contribution >= 4 is 10.1 Å². The smallest absolute Gasteiger partial charge is 0.271 e. The Balaban J connectivity index is 2.40. The van der Waals surface area contributed by atoms with Crippen molar-refractivity contribution < 1.29 is 17.7 Å². The van der Waals surface area contributed by atoms with E-state index in [-0.39, 0.29) is 19.0 Å². The second-order valence-electron chi connectivity index (χ2n) is 3.44. The molecule has 0 aliphatic heterocycles. The standard InChI is InChI=1S/C11H16O4S/c12-8-4-5-9-15-16(13,14)10-11-6-2-1-3-7-11/h1-3,6-7,12H,4-5,8-10H2. The molecule has 0 aliphatic carbocycles. The lowest BCUT2D eigenvalue weighted by Crippen LogP contribution is -2.10. The van der Waals surface area contributed by atoms with Crippen LogP contribution in [0.2, 0.25) is 0 Å². The molecule has 90 valence electrons. The molecule has 5 heteroatoms. The minimum Gasteiger partial charge on any atom is -0.396 e. The number of hydrogen-bond acceptors (Lipinski definition) is 4. The van der Waals surface area contributed by atoms with Crippen LogP contribution in [0.15, 0.2) is 30.3 Å². The maximum atomic E-state index is 11.5. The van der Waals surface area contributed by atoms with Crippen LogP contribution in [-0.4, -0.2) is 26.7 Å². The molecule has 1 rings (SSSR count). The lowest BCUT2D eigenvalue weighted by Gasteiger charge is -2.05. The van der Waals surface area contributed by atoms with Gasteiger partial charge in [0, 0.05) is 6.61 Å². The zero-order valence-corrected chi connectivity index (χ0v) is 9.82. The van der Waals surface area contributed by atoms with Crippen LogP contribution in [0, 0.1) is 0 Å². The van der Waals surface area contributed by atoms with Crippen LogP contribution in [0.3, 0.4) is 0 Å². The second kappa shape index (κ2) is 6.62. The summed E-state index contributed by atoms with van der Waals surface area (Å²) >= 11 is 0. The van der Waals surface area contributed by atoms with Gasteiger partial charge in [0.2, 0.25) is 0 Å². The number of benzene rings is 1. The number of rotatable bonds is 7. The average Bonchev–Trinajstić information content (AvgIpc) is 2.25. The Morgan fingerprint density at radius 2 is 1.81 bits per heavy atom. The Kier molecular flexibility index (Phi) is 5.45. The molecule has 0 bridgehead atoms. The van der Waals surface area contributed by atoms with Crippen LogP contribution < -0.4 is 0 Å². The van der Waals surface area contributed by atoms with Gasteiger partial charge < -0.3 is 5.11 Å². The van der Waals surface area contributed by atoms with Crippen LogP contribution in [0.1, 0.15) is 18.4 Å². The summed E-state index contributed by atoms with van der Waals surface area (Å²) in [5.41, 5.74) is 0.713. The second-order valence-corrected chi connectivity index (χ2v) is 5.08. The number of aliphatic hydroxyl groups excluding tert-OH is 1. The summed E-state index contributed by atoms with van der Waals surface area (Å²) in [6.45, 7) is 0.192. The Hall–Kier alpha value is -0.910. The van der Waals surface area contributed by atoms with E-state index in [1.54, 1.807) is 24.3 Å². The van der Waals surface area contributed by atoms with Gasteiger partial charge in [-0.05, 0) is 18.4 Å². The van der Waals surface area contributed by atoms with E-state index >= 15 is 0 Å². The van der Waals surface area contributed by atoms with Crippen LogP contribution in [0.25, 0.3) is 0 Å². The van der Waals surface area contributed by atoms with Crippen molar-refractivity contribution in [2.45, 2.75) is 18.6 Å². The molecule has 0 aliphatic rings. The maximum absolute atomic E-state index is 11.5. The van der Waals surface area contributed by atoms with Crippen LogP contribution >= 0.6 is 0 Å². The molecule has 0 heterocycles. The molecule has 0 saturated heterocycles. The van der Waals surface area contributed by atoms with Gasteiger partial charge in [0.05, 0.1) is 6.61 Å². The maximum Gasteiger partial charge on any atom is 0.271 e. The number of hydrogen-bond donors (Lipinski definition) is 1. The first kappa shape index (κ1) is 13.2. The van der Waals surface area contributed by atoms with Gasteiger partial charge in [0.25, 0.3) is 10.1 Å². The molecule has 0 unspecified atom stereocenters. The molecule has 0 spiro atoms. The van der Waals surface area contributed by atoms with Crippen LogP contribution in [0.5, 0.6) is 0 Å². The molecule has 1 aromatic rings. The van der Waals surface area contributed by atoms with Gasteiger partial charge in [0.1, 0.15) is 5.75 Å². The molecular weight excluding hydrogens is 228 g/mol. The SMILES string of the molecule is O=S(=O)(Cc1ccccc1)OCCCCO. The molecule has 4 nitrogen and oxygen atoms in total. The van der Waals surface area contributed by atoms with Gasteiger partial charge in [-0.2, -0.15) is 8.42 Å². The van der Waals surface area contributed by atoms with Crippen LogP contribution in [-0.2, 0) is 20.1 Å². The zero-order valence-electron chi connectivity index (χ0n) is 9.00. The van der Waals surface area contributed by atoms with Crippen molar-refractivity contribution in [3.63, 3.8) is 0 Å². The predicted octanol–water partition coefficient (Wildman–Crippen LogP) is 1.31. The highest BCUT2D eigenvalue weighted by molar-refractivity contribution is 7.85. The summed E-state index contributed by atoms with van der Waals surface area (Å²) in [5.74, 6) is -0.104. The van der Waals surface area contributed by atoms with Crippen molar-refractivity contribution in [2.24, 2.45) is 0 Å². The summed E-state index contributed by atoms with van der Waals surface area (Å²) in [4.78, 5) is 0. The van der Waals surface area contributed by atoms with E-state index in [4.69, 9.17) is 9.29 Å². The lowest BCUT2D eigenvalue weighted by molar-refractivity contribution is 0.255. The fourth-order valence-corrected chi connectivity index (χ4v) is 2.28. The Morgan fingerprint density at radius 1 is 1.12 bits per heavy atom. The molecule has 1 aromatic carbocycles. The number of aliphatic hydroxyl groups is 1. The first-order chi connectivity index (χ1) is 7.64. The van der Waals surface area contributed by atoms with E-state index in [1.165, 1.54) is 0 Å². The third kappa shape index (κ3) is 5.25. The Bertz CT molecular complexity index is 386. The third-order valence-corrected chi connectivity index (χ3v) is 3.21. The molecule has 0 radical (unpaired) electrons. The summed E-state index contributed by atoms with van der Waals surface area (Å²) in [5, 5.41) is 8.53. The van der Waals surface area contributed by atoms with Gasteiger partial charge in [-0.3, -0.25) is 4.18 Å². The van der Waals surface area contributed by atoms with E-state index in [0.29, 0.717) is 18.4 Å². The van der Waals surface area contributed by atoms with E-state index in [1.807, 2.05) is 6.07 Å². The minimum atomic E-state index is -3.50. The topological polar surface area (TPSA) is 63.6 Å². The van der Waals surface area contributed by atoms with E-state index in [0.717, 1.165) is 0 Å². The fourth-order valence-electron chi connectivity index (χ4n) is 1.22. The highest BCUT2D eigenvalue weighted by Crippen LogP contribution is 2.07. The molecular formula is C11H16O4S. The molecule has 0 saturated carbocycles. The molecule has 0 fully saturated rings. The summed E-state index contributed by atoms with van der Waals surface area (Å²) in [6, 6.07) is 8.90. The summed E-state index contributed by atoms with van der Waals surface area (Å²) in [7, 11) is -3.50. The van der Waals surface area contributed by atoms with Crippen molar-refractivity contribution in [2.75, 3.05) is 13.2 Å². The summed E-state index contributed by atoms with van der Waals surface area (Å²) in [6.07, 6.45) is 1.10. The molecule has 0 atom stereocenters. The predicted molar refractivity (Wildman–Crippen MR) is 61.3 cm³/mol. The number of unbranched alkanes of at least 4 members (excludes halogenated alkanes) is 1. The van der Waals surface area contributed by atoms with Gasteiger partial charge >= 0.3 is 0 Å².